The number of hydrogen-bond donors (Lipinski definition) is 2. The molecule has 2 aromatic rings. The highest BCUT2D eigenvalue weighted by molar-refractivity contribution is 7.89. The smallest absolute Gasteiger partial charge is 0.292 e. The van der Waals surface area contributed by atoms with Crippen LogP contribution in [0, 0.1) is 0 Å². The van der Waals surface area contributed by atoms with Crippen LogP contribution in [0.5, 0.6) is 0 Å². The van der Waals surface area contributed by atoms with Crippen molar-refractivity contribution in [3.8, 4) is 0 Å². The molecule has 0 unspecified atom stereocenters. The fourth-order valence-electron chi connectivity index (χ4n) is 3.08. The molecule has 1 aliphatic heterocycles. The van der Waals surface area contributed by atoms with E-state index in [9.17, 15) is 13.2 Å². The zero-order chi connectivity index (χ0) is 16.4. The maximum absolute atomic E-state index is 13.2. The molecule has 8 heteroatoms. The number of rotatable bonds is 4. The van der Waals surface area contributed by atoms with Gasteiger partial charge in [0.05, 0.1) is 10.9 Å². The van der Waals surface area contributed by atoms with Crippen molar-refractivity contribution in [2.24, 2.45) is 0 Å². The summed E-state index contributed by atoms with van der Waals surface area (Å²) in [6, 6.07) is 6.63. The molecule has 0 aliphatic carbocycles. The van der Waals surface area contributed by atoms with Crippen LogP contribution in [-0.2, 0) is 16.4 Å². The van der Waals surface area contributed by atoms with E-state index in [1.807, 2.05) is 19.1 Å². The SMILES string of the molecule is CCc1ccccc1S(=O)(=O)N1CCCC[C@@H]1c1n[nH]c(=O)[nH]1. The van der Waals surface area contributed by atoms with Crippen LogP contribution in [0.25, 0.3) is 0 Å². The van der Waals surface area contributed by atoms with Gasteiger partial charge >= 0.3 is 5.69 Å². The summed E-state index contributed by atoms with van der Waals surface area (Å²) < 4.78 is 27.8. The van der Waals surface area contributed by atoms with Gasteiger partial charge in [0.25, 0.3) is 0 Å². The molecule has 3 rings (SSSR count). The van der Waals surface area contributed by atoms with Crippen molar-refractivity contribution >= 4 is 10.0 Å². The van der Waals surface area contributed by atoms with E-state index in [0.29, 0.717) is 30.1 Å². The molecule has 0 bridgehead atoms. The Morgan fingerprint density at radius 3 is 2.78 bits per heavy atom. The lowest BCUT2D eigenvalue weighted by Crippen LogP contribution is -2.39. The number of nitrogens with zero attached hydrogens (tertiary/aromatic N) is 2. The zero-order valence-electron chi connectivity index (χ0n) is 12.9. The minimum absolute atomic E-state index is 0.340. The number of sulfonamides is 1. The van der Waals surface area contributed by atoms with E-state index < -0.39 is 21.8 Å². The van der Waals surface area contributed by atoms with E-state index in [-0.39, 0.29) is 0 Å². The first-order valence-corrected chi connectivity index (χ1v) is 9.22. The van der Waals surface area contributed by atoms with E-state index in [4.69, 9.17) is 0 Å². The Hall–Kier alpha value is -1.93. The lowest BCUT2D eigenvalue weighted by molar-refractivity contribution is 0.246. The Morgan fingerprint density at radius 1 is 1.30 bits per heavy atom. The molecule has 1 aliphatic rings. The first-order chi connectivity index (χ1) is 11.0. The monoisotopic (exact) mass is 336 g/mol. The number of hydrogen-bond acceptors (Lipinski definition) is 4. The molecule has 0 spiro atoms. The molecule has 1 fully saturated rings. The minimum atomic E-state index is -3.64. The molecular formula is C15H20N4O3S. The third-order valence-corrected chi connectivity index (χ3v) is 6.24. The largest absolute Gasteiger partial charge is 0.340 e. The fourth-order valence-corrected chi connectivity index (χ4v) is 5.04. The summed E-state index contributed by atoms with van der Waals surface area (Å²) in [5, 5.41) is 6.26. The van der Waals surface area contributed by atoms with Crippen molar-refractivity contribution in [3.63, 3.8) is 0 Å². The topological polar surface area (TPSA) is 98.9 Å². The average molecular weight is 336 g/mol. The molecule has 1 aromatic carbocycles. The van der Waals surface area contributed by atoms with Gasteiger partial charge in [-0.25, -0.2) is 18.3 Å². The van der Waals surface area contributed by atoms with Gasteiger partial charge in [-0.2, -0.15) is 9.40 Å². The number of aryl methyl sites for hydroxylation is 1. The molecule has 2 N–H and O–H groups in total. The summed E-state index contributed by atoms with van der Waals surface area (Å²) >= 11 is 0. The van der Waals surface area contributed by atoms with E-state index in [1.165, 1.54) is 4.31 Å². The van der Waals surface area contributed by atoms with Crippen molar-refractivity contribution in [3.05, 3.63) is 46.1 Å². The van der Waals surface area contributed by atoms with Crippen LogP contribution >= 0.6 is 0 Å². The van der Waals surface area contributed by atoms with Gasteiger partial charge in [0.15, 0.2) is 0 Å². The molecule has 1 aromatic heterocycles. The molecule has 0 amide bonds. The van der Waals surface area contributed by atoms with Crippen LogP contribution in [0.3, 0.4) is 0 Å². The van der Waals surface area contributed by atoms with Gasteiger partial charge in [0.1, 0.15) is 5.82 Å². The molecular weight excluding hydrogens is 316 g/mol. The van der Waals surface area contributed by atoms with Gasteiger partial charge in [-0.15, -0.1) is 0 Å². The summed E-state index contributed by atoms with van der Waals surface area (Å²) in [7, 11) is -3.64. The highest BCUT2D eigenvalue weighted by Crippen LogP contribution is 2.34. The van der Waals surface area contributed by atoms with Gasteiger partial charge < -0.3 is 0 Å². The maximum atomic E-state index is 13.2. The fraction of sp³-hybridized carbons (Fsp3) is 0.467. The minimum Gasteiger partial charge on any atom is -0.292 e. The van der Waals surface area contributed by atoms with Gasteiger partial charge in [-0.05, 0) is 30.9 Å². The van der Waals surface area contributed by atoms with Crippen LogP contribution in [0.15, 0.2) is 34.0 Å². The Morgan fingerprint density at radius 2 is 2.09 bits per heavy atom. The van der Waals surface area contributed by atoms with Crippen LogP contribution < -0.4 is 5.69 Å². The van der Waals surface area contributed by atoms with Gasteiger partial charge in [-0.3, -0.25) is 4.98 Å². The first-order valence-electron chi connectivity index (χ1n) is 7.78. The van der Waals surface area contributed by atoms with Crippen LogP contribution in [0.4, 0.5) is 0 Å². The third-order valence-electron chi connectivity index (χ3n) is 4.23. The molecule has 0 saturated carbocycles. The van der Waals surface area contributed by atoms with E-state index >= 15 is 0 Å². The predicted octanol–water partition coefficient (Wildman–Crippen LogP) is 1.58. The van der Waals surface area contributed by atoms with Crippen molar-refractivity contribution in [2.75, 3.05) is 6.54 Å². The van der Waals surface area contributed by atoms with Crippen LogP contribution in [-0.4, -0.2) is 34.4 Å². The summed E-state index contributed by atoms with van der Waals surface area (Å²) in [4.78, 5) is 14.3. The Labute approximate surface area is 134 Å². The first kappa shape index (κ1) is 15.9. The van der Waals surface area contributed by atoms with Gasteiger partial charge in [0.2, 0.25) is 10.0 Å². The number of aromatic amines is 2. The normalized spacial score (nSPS) is 19.8. The molecule has 2 heterocycles. The summed E-state index contributed by atoms with van der Waals surface area (Å²) in [6.07, 6.45) is 3.00. The highest BCUT2D eigenvalue weighted by atomic mass is 32.2. The summed E-state index contributed by atoms with van der Waals surface area (Å²) in [6.45, 7) is 2.37. The number of nitrogens with one attached hydrogen (secondary N) is 2. The zero-order valence-corrected chi connectivity index (χ0v) is 13.8. The molecule has 23 heavy (non-hydrogen) atoms. The number of H-pyrrole nitrogens is 2. The predicted molar refractivity (Wildman–Crippen MR) is 85.5 cm³/mol. The standard InChI is InChI=1S/C15H20N4O3S/c1-2-11-7-3-4-9-13(11)23(21,22)19-10-6-5-8-12(19)14-16-15(20)18-17-14/h3-4,7,9,12H,2,5-6,8,10H2,1H3,(H2,16,17,18,20)/t12-/m1/s1. The molecule has 0 radical (unpaired) electrons. The quantitative estimate of drug-likeness (QED) is 0.885. The lowest BCUT2D eigenvalue weighted by atomic mass is 10.0. The molecule has 7 nitrogen and oxygen atoms in total. The van der Waals surface area contributed by atoms with E-state index in [2.05, 4.69) is 15.2 Å². The van der Waals surface area contributed by atoms with Crippen molar-refractivity contribution in [2.45, 2.75) is 43.5 Å². The number of aromatic nitrogens is 3. The Balaban J connectivity index is 2.04. The second-order valence-corrected chi connectivity index (χ2v) is 7.51. The Kier molecular flexibility index (Phi) is 4.36. The van der Waals surface area contributed by atoms with E-state index in [1.54, 1.807) is 12.1 Å². The maximum Gasteiger partial charge on any atom is 0.340 e. The Bertz CT molecular complexity index is 840. The van der Waals surface area contributed by atoms with Crippen LogP contribution in [0.1, 0.15) is 43.6 Å². The summed E-state index contributed by atoms with van der Waals surface area (Å²) in [5.41, 5.74) is 0.379. The number of benzene rings is 1. The second kappa shape index (κ2) is 6.29. The number of piperidine rings is 1. The van der Waals surface area contributed by atoms with Gasteiger partial charge in [-0.1, -0.05) is 31.5 Å². The molecule has 1 saturated heterocycles. The molecule has 124 valence electrons. The third kappa shape index (κ3) is 2.96. The summed E-state index contributed by atoms with van der Waals surface area (Å²) in [5.74, 6) is 0.382. The van der Waals surface area contributed by atoms with E-state index in [0.717, 1.165) is 18.4 Å². The van der Waals surface area contributed by atoms with Crippen molar-refractivity contribution in [1.82, 2.24) is 19.5 Å². The van der Waals surface area contributed by atoms with Gasteiger partial charge in [0, 0.05) is 6.54 Å². The second-order valence-electron chi connectivity index (χ2n) is 5.65. The lowest BCUT2D eigenvalue weighted by Gasteiger charge is -2.33. The molecule has 1 atom stereocenters. The van der Waals surface area contributed by atoms with Crippen molar-refractivity contribution in [1.29, 1.82) is 0 Å². The highest BCUT2D eigenvalue weighted by Gasteiger charge is 2.36. The average Bonchev–Trinajstić information content (AvgIpc) is 3.01. The van der Waals surface area contributed by atoms with Crippen LogP contribution in [0.2, 0.25) is 0 Å². The van der Waals surface area contributed by atoms with Crippen molar-refractivity contribution < 1.29 is 8.42 Å².